The number of carbonyl (C=O) groups is 2. The number of hydrogen-bond donors (Lipinski definition) is 1. The molecule has 1 N–H and O–H groups in total. The maximum absolute atomic E-state index is 11.9. The van der Waals surface area contributed by atoms with E-state index in [1.807, 2.05) is 35.2 Å². The number of Topliss-reactive ketones (excluding diaryl/α,β-unsaturated/α-hetero) is 1. The van der Waals surface area contributed by atoms with E-state index in [2.05, 4.69) is 21.2 Å². The molecule has 106 valence electrons. The molecule has 2 aromatic carbocycles. The zero-order chi connectivity index (χ0) is 15.0. The fourth-order valence-corrected chi connectivity index (χ4v) is 2.99. The van der Waals surface area contributed by atoms with Crippen LogP contribution in [0.4, 0.5) is 17.1 Å². The van der Waals surface area contributed by atoms with Gasteiger partial charge in [-0.2, -0.15) is 0 Å². The summed E-state index contributed by atoms with van der Waals surface area (Å²) in [7, 11) is 0. The quantitative estimate of drug-likeness (QED) is 0.844. The van der Waals surface area contributed by atoms with Crippen molar-refractivity contribution in [1.29, 1.82) is 0 Å². The molecule has 21 heavy (non-hydrogen) atoms. The number of hydrogen-bond acceptors (Lipinski definition) is 3. The standard InChI is InChI=1S/C16H13BrN2O2/c1-10(20)11-6-7-14(12(17)8-11)19-9-16(21)18-13-4-2-3-5-15(13)19/h2-8H,9H2,1H3,(H,18,21). The van der Waals surface area contributed by atoms with E-state index in [0.717, 1.165) is 21.5 Å². The molecule has 1 amide bonds. The fraction of sp³-hybridized carbons (Fsp3) is 0.125. The normalized spacial score (nSPS) is 13.6. The second kappa shape index (κ2) is 5.33. The van der Waals surface area contributed by atoms with Gasteiger partial charge in [0.05, 0.1) is 17.1 Å². The van der Waals surface area contributed by atoms with Crippen LogP contribution in [0.5, 0.6) is 0 Å². The summed E-state index contributed by atoms with van der Waals surface area (Å²) < 4.78 is 0.791. The van der Waals surface area contributed by atoms with Crippen LogP contribution in [0.1, 0.15) is 17.3 Å². The zero-order valence-corrected chi connectivity index (χ0v) is 13.0. The molecule has 0 spiro atoms. The van der Waals surface area contributed by atoms with E-state index < -0.39 is 0 Å². The molecule has 0 radical (unpaired) electrons. The molecule has 1 aliphatic heterocycles. The molecule has 2 aromatic rings. The molecule has 0 atom stereocenters. The fourth-order valence-electron chi connectivity index (χ4n) is 2.39. The van der Waals surface area contributed by atoms with Crippen LogP contribution in [0.15, 0.2) is 46.9 Å². The van der Waals surface area contributed by atoms with Crippen LogP contribution in [-0.2, 0) is 4.79 Å². The molecular formula is C16H13BrN2O2. The number of amides is 1. The van der Waals surface area contributed by atoms with E-state index in [1.165, 1.54) is 6.92 Å². The maximum Gasteiger partial charge on any atom is 0.244 e. The van der Waals surface area contributed by atoms with E-state index in [4.69, 9.17) is 0 Å². The van der Waals surface area contributed by atoms with Crippen molar-refractivity contribution in [2.75, 3.05) is 16.8 Å². The highest BCUT2D eigenvalue weighted by Gasteiger charge is 2.24. The van der Waals surface area contributed by atoms with E-state index in [-0.39, 0.29) is 18.2 Å². The highest BCUT2D eigenvalue weighted by molar-refractivity contribution is 9.10. The van der Waals surface area contributed by atoms with Crippen LogP contribution in [0, 0.1) is 0 Å². The minimum absolute atomic E-state index is 0.0130. The van der Waals surface area contributed by atoms with Gasteiger partial charge < -0.3 is 10.2 Å². The lowest BCUT2D eigenvalue weighted by atomic mass is 10.1. The van der Waals surface area contributed by atoms with Gasteiger partial charge in [-0.15, -0.1) is 0 Å². The van der Waals surface area contributed by atoms with Crippen molar-refractivity contribution in [1.82, 2.24) is 0 Å². The maximum atomic E-state index is 11.9. The molecule has 1 heterocycles. The van der Waals surface area contributed by atoms with Gasteiger partial charge in [0.25, 0.3) is 0 Å². The van der Waals surface area contributed by atoms with Crippen molar-refractivity contribution in [3.63, 3.8) is 0 Å². The number of carbonyl (C=O) groups excluding carboxylic acids is 2. The number of benzene rings is 2. The van der Waals surface area contributed by atoms with Gasteiger partial charge in [-0.25, -0.2) is 0 Å². The zero-order valence-electron chi connectivity index (χ0n) is 11.4. The van der Waals surface area contributed by atoms with Crippen LogP contribution < -0.4 is 10.2 Å². The summed E-state index contributed by atoms with van der Waals surface area (Å²) in [5.74, 6) is -0.0460. The first-order valence-corrected chi connectivity index (χ1v) is 7.32. The van der Waals surface area contributed by atoms with Crippen LogP contribution in [0.25, 0.3) is 0 Å². The van der Waals surface area contributed by atoms with Crippen LogP contribution >= 0.6 is 15.9 Å². The van der Waals surface area contributed by atoms with E-state index >= 15 is 0 Å². The summed E-state index contributed by atoms with van der Waals surface area (Å²) >= 11 is 3.50. The average Bonchev–Trinajstić information content (AvgIpc) is 2.46. The van der Waals surface area contributed by atoms with Crippen LogP contribution in [-0.4, -0.2) is 18.2 Å². The van der Waals surface area contributed by atoms with Crippen molar-refractivity contribution in [2.45, 2.75) is 6.92 Å². The Bertz CT molecular complexity index is 743. The van der Waals surface area contributed by atoms with Gasteiger partial charge in [0.2, 0.25) is 5.91 Å². The molecule has 0 aliphatic carbocycles. The van der Waals surface area contributed by atoms with Gasteiger partial charge in [-0.1, -0.05) is 12.1 Å². The van der Waals surface area contributed by atoms with Crippen LogP contribution in [0.2, 0.25) is 0 Å². The molecule has 0 bridgehead atoms. The third-order valence-corrected chi connectivity index (χ3v) is 4.05. The molecule has 4 nitrogen and oxygen atoms in total. The van der Waals surface area contributed by atoms with Crippen molar-refractivity contribution in [3.05, 3.63) is 52.5 Å². The lowest BCUT2D eigenvalue weighted by molar-refractivity contribution is -0.115. The highest BCUT2D eigenvalue weighted by atomic mass is 79.9. The Kier molecular flexibility index (Phi) is 3.51. The first-order valence-electron chi connectivity index (χ1n) is 6.53. The van der Waals surface area contributed by atoms with Gasteiger partial charge in [0.15, 0.2) is 5.78 Å². The Labute approximate surface area is 130 Å². The molecule has 0 saturated carbocycles. The lowest BCUT2D eigenvalue weighted by Gasteiger charge is -2.31. The molecule has 0 fully saturated rings. The Morgan fingerprint density at radius 2 is 1.95 bits per heavy atom. The molecule has 5 heteroatoms. The largest absolute Gasteiger partial charge is 0.329 e. The van der Waals surface area contributed by atoms with Gasteiger partial charge in [-0.3, -0.25) is 9.59 Å². The minimum Gasteiger partial charge on any atom is -0.329 e. The topological polar surface area (TPSA) is 49.4 Å². The molecule has 0 aromatic heterocycles. The minimum atomic E-state index is -0.0590. The lowest BCUT2D eigenvalue weighted by Crippen LogP contribution is -2.35. The Balaban J connectivity index is 2.09. The summed E-state index contributed by atoms with van der Waals surface area (Å²) in [5, 5.41) is 2.86. The summed E-state index contributed by atoms with van der Waals surface area (Å²) in [6, 6.07) is 13.1. The first kappa shape index (κ1) is 13.8. The summed E-state index contributed by atoms with van der Waals surface area (Å²) in [6.07, 6.45) is 0. The Hall–Kier alpha value is -2.14. The third-order valence-electron chi connectivity index (χ3n) is 3.42. The smallest absolute Gasteiger partial charge is 0.244 e. The Morgan fingerprint density at radius 3 is 2.67 bits per heavy atom. The Morgan fingerprint density at radius 1 is 1.19 bits per heavy atom. The van der Waals surface area contributed by atoms with Gasteiger partial charge in [0, 0.05) is 10.0 Å². The van der Waals surface area contributed by atoms with Gasteiger partial charge >= 0.3 is 0 Å². The molecule has 3 rings (SSSR count). The van der Waals surface area contributed by atoms with E-state index in [0.29, 0.717) is 5.56 Å². The second-order valence-electron chi connectivity index (χ2n) is 4.87. The third kappa shape index (κ3) is 2.56. The molecular weight excluding hydrogens is 332 g/mol. The number of fused-ring (bicyclic) bond motifs is 1. The van der Waals surface area contributed by atoms with E-state index in [9.17, 15) is 9.59 Å². The van der Waals surface area contributed by atoms with Crippen LogP contribution in [0.3, 0.4) is 0 Å². The number of para-hydroxylation sites is 2. The predicted molar refractivity (Wildman–Crippen MR) is 86.2 cm³/mol. The number of halogens is 1. The van der Waals surface area contributed by atoms with Crippen molar-refractivity contribution in [3.8, 4) is 0 Å². The molecule has 1 aliphatic rings. The first-order chi connectivity index (χ1) is 10.1. The van der Waals surface area contributed by atoms with Gasteiger partial charge in [-0.05, 0) is 53.2 Å². The number of rotatable bonds is 2. The molecule has 0 saturated heterocycles. The summed E-state index contributed by atoms with van der Waals surface area (Å²) in [4.78, 5) is 25.2. The number of nitrogens with zero attached hydrogens (tertiary/aromatic N) is 1. The summed E-state index contributed by atoms with van der Waals surface area (Å²) in [5.41, 5.74) is 3.23. The summed E-state index contributed by atoms with van der Waals surface area (Å²) in [6.45, 7) is 1.78. The molecule has 0 unspecified atom stereocenters. The van der Waals surface area contributed by atoms with Crippen molar-refractivity contribution >= 4 is 44.7 Å². The number of anilines is 3. The monoisotopic (exact) mass is 344 g/mol. The van der Waals surface area contributed by atoms with E-state index in [1.54, 1.807) is 12.1 Å². The predicted octanol–water partition coefficient (Wildman–Crippen LogP) is 3.74. The average molecular weight is 345 g/mol. The van der Waals surface area contributed by atoms with Crippen molar-refractivity contribution in [2.24, 2.45) is 0 Å². The SMILES string of the molecule is CC(=O)c1ccc(N2CC(=O)Nc3ccccc32)c(Br)c1. The highest BCUT2D eigenvalue weighted by Crippen LogP contribution is 2.38. The van der Waals surface area contributed by atoms with Crippen molar-refractivity contribution < 1.29 is 9.59 Å². The number of ketones is 1. The second-order valence-corrected chi connectivity index (χ2v) is 5.73. The van der Waals surface area contributed by atoms with Gasteiger partial charge in [0.1, 0.15) is 6.54 Å². The number of nitrogens with one attached hydrogen (secondary N) is 1.